The first-order chi connectivity index (χ1) is 9.88. The molecular weight excluding hydrogens is 266 g/mol. The maximum Gasteiger partial charge on any atom is 0.120 e. The van der Waals surface area contributed by atoms with E-state index in [2.05, 4.69) is 41.6 Å². The molecule has 0 aliphatic carbocycles. The summed E-state index contributed by atoms with van der Waals surface area (Å²) in [6, 6.07) is 10.4. The molecule has 0 unspecified atom stereocenters. The fourth-order valence-electron chi connectivity index (χ4n) is 2.18. The Morgan fingerprint density at radius 1 is 1.25 bits per heavy atom. The lowest BCUT2D eigenvalue weighted by molar-refractivity contribution is 0.310. The molecule has 3 rings (SSSR count). The van der Waals surface area contributed by atoms with Crippen molar-refractivity contribution in [1.29, 1.82) is 0 Å². The number of pyridine rings is 1. The van der Waals surface area contributed by atoms with Crippen LogP contribution in [0.3, 0.4) is 0 Å². The predicted octanol–water partition coefficient (Wildman–Crippen LogP) is 5.14. The molecule has 20 heavy (non-hydrogen) atoms. The van der Waals surface area contributed by atoms with Crippen LogP contribution in [0.2, 0.25) is 0 Å². The molecule has 1 aromatic carbocycles. The van der Waals surface area contributed by atoms with Gasteiger partial charge in [-0.25, -0.2) is 0 Å². The summed E-state index contributed by atoms with van der Waals surface area (Å²) in [5.41, 5.74) is 2.41. The van der Waals surface area contributed by atoms with Crippen molar-refractivity contribution in [2.75, 3.05) is 6.61 Å². The first-order valence-electron chi connectivity index (χ1n) is 6.93. The molecule has 0 aliphatic rings. The third-order valence-electron chi connectivity index (χ3n) is 3.29. The molecule has 0 atom stereocenters. The minimum Gasteiger partial charge on any atom is -0.494 e. The Labute approximate surface area is 123 Å². The van der Waals surface area contributed by atoms with Crippen molar-refractivity contribution in [2.45, 2.75) is 19.8 Å². The zero-order valence-electron chi connectivity index (χ0n) is 11.5. The number of unbranched alkanes of at least 4 members (excludes halogenated alkanes) is 1. The van der Waals surface area contributed by atoms with Crippen molar-refractivity contribution >= 4 is 21.4 Å². The Kier molecular flexibility index (Phi) is 3.97. The second kappa shape index (κ2) is 6.06. The Hall–Kier alpha value is -1.87. The summed E-state index contributed by atoms with van der Waals surface area (Å²) in [6.45, 7) is 2.97. The minimum absolute atomic E-state index is 0.794. The third kappa shape index (κ3) is 2.68. The number of nitrogens with zero attached hydrogens (tertiary/aromatic N) is 1. The SMILES string of the molecule is CCCCOc1ccc2c(-c3cccnc3)csc2c1. The highest BCUT2D eigenvalue weighted by atomic mass is 32.1. The van der Waals surface area contributed by atoms with E-state index in [9.17, 15) is 0 Å². The van der Waals surface area contributed by atoms with Crippen LogP contribution in [0.25, 0.3) is 21.2 Å². The summed E-state index contributed by atoms with van der Waals surface area (Å²) in [5, 5.41) is 3.46. The van der Waals surface area contributed by atoms with Gasteiger partial charge in [0.25, 0.3) is 0 Å². The van der Waals surface area contributed by atoms with Crippen LogP contribution in [0.1, 0.15) is 19.8 Å². The summed E-state index contributed by atoms with van der Waals surface area (Å²) < 4.78 is 7.03. The Balaban J connectivity index is 1.91. The summed E-state index contributed by atoms with van der Waals surface area (Å²) in [5.74, 6) is 0.963. The molecule has 0 saturated carbocycles. The van der Waals surface area contributed by atoms with Crippen LogP contribution in [-0.4, -0.2) is 11.6 Å². The van der Waals surface area contributed by atoms with E-state index < -0.39 is 0 Å². The molecule has 2 aromatic heterocycles. The van der Waals surface area contributed by atoms with Gasteiger partial charge in [0.1, 0.15) is 5.75 Å². The summed E-state index contributed by atoms with van der Waals surface area (Å²) >= 11 is 1.75. The van der Waals surface area contributed by atoms with Crippen molar-refractivity contribution in [1.82, 2.24) is 4.98 Å². The molecule has 0 aliphatic heterocycles. The highest BCUT2D eigenvalue weighted by Crippen LogP contribution is 2.35. The number of hydrogen-bond acceptors (Lipinski definition) is 3. The molecule has 2 nitrogen and oxygen atoms in total. The Morgan fingerprint density at radius 3 is 3.00 bits per heavy atom. The Morgan fingerprint density at radius 2 is 2.20 bits per heavy atom. The van der Waals surface area contributed by atoms with Crippen LogP contribution in [-0.2, 0) is 0 Å². The van der Waals surface area contributed by atoms with E-state index in [1.165, 1.54) is 21.2 Å². The highest BCUT2D eigenvalue weighted by Gasteiger charge is 2.07. The molecule has 0 saturated heterocycles. The van der Waals surface area contributed by atoms with Crippen molar-refractivity contribution in [2.24, 2.45) is 0 Å². The van der Waals surface area contributed by atoms with Crippen LogP contribution < -0.4 is 4.74 Å². The molecule has 102 valence electrons. The number of hydrogen-bond donors (Lipinski definition) is 0. The van der Waals surface area contributed by atoms with Gasteiger partial charge in [0.15, 0.2) is 0 Å². The van der Waals surface area contributed by atoms with Gasteiger partial charge in [-0.15, -0.1) is 11.3 Å². The molecule has 0 amide bonds. The van der Waals surface area contributed by atoms with E-state index in [-0.39, 0.29) is 0 Å². The quantitative estimate of drug-likeness (QED) is 0.605. The normalized spacial score (nSPS) is 10.8. The molecular formula is C17H17NOS. The lowest BCUT2D eigenvalue weighted by Crippen LogP contribution is -1.95. The molecule has 0 bridgehead atoms. The number of fused-ring (bicyclic) bond motifs is 1. The standard InChI is InChI=1S/C17H17NOS/c1-2-3-9-19-14-6-7-15-16(12-20-17(15)10-14)13-5-4-8-18-11-13/h4-8,10-12H,2-3,9H2,1H3. The topological polar surface area (TPSA) is 22.1 Å². The van der Waals surface area contributed by atoms with E-state index >= 15 is 0 Å². The smallest absolute Gasteiger partial charge is 0.120 e. The van der Waals surface area contributed by atoms with Gasteiger partial charge in [0.2, 0.25) is 0 Å². The molecule has 0 spiro atoms. The van der Waals surface area contributed by atoms with Gasteiger partial charge in [-0.2, -0.15) is 0 Å². The van der Waals surface area contributed by atoms with E-state index in [0.717, 1.165) is 25.2 Å². The van der Waals surface area contributed by atoms with Gasteiger partial charge in [0, 0.05) is 33.6 Å². The van der Waals surface area contributed by atoms with Crippen molar-refractivity contribution < 1.29 is 4.74 Å². The summed E-state index contributed by atoms with van der Waals surface area (Å²) in [6.07, 6.45) is 5.97. The molecule has 0 N–H and O–H groups in total. The first kappa shape index (κ1) is 13.1. The number of thiophene rings is 1. The van der Waals surface area contributed by atoms with Crippen molar-refractivity contribution in [3.05, 3.63) is 48.1 Å². The first-order valence-corrected chi connectivity index (χ1v) is 7.81. The minimum atomic E-state index is 0.794. The van der Waals surface area contributed by atoms with Gasteiger partial charge in [0.05, 0.1) is 6.61 Å². The van der Waals surface area contributed by atoms with Gasteiger partial charge in [-0.05, 0) is 36.1 Å². The van der Waals surface area contributed by atoms with Gasteiger partial charge < -0.3 is 4.74 Å². The molecule has 0 fully saturated rings. The van der Waals surface area contributed by atoms with Crippen LogP contribution >= 0.6 is 11.3 Å². The van der Waals surface area contributed by atoms with E-state index in [1.807, 2.05) is 12.3 Å². The summed E-state index contributed by atoms with van der Waals surface area (Å²) in [4.78, 5) is 4.19. The van der Waals surface area contributed by atoms with Crippen LogP contribution in [0, 0.1) is 0 Å². The zero-order valence-corrected chi connectivity index (χ0v) is 12.3. The zero-order chi connectivity index (χ0) is 13.8. The van der Waals surface area contributed by atoms with E-state index in [0.29, 0.717) is 0 Å². The van der Waals surface area contributed by atoms with E-state index in [1.54, 1.807) is 17.5 Å². The van der Waals surface area contributed by atoms with Crippen LogP contribution in [0.5, 0.6) is 5.75 Å². The second-order valence-electron chi connectivity index (χ2n) is 4.75. The molecule has 3 aromatic rings. The lowest BCUT2D eigenvalue weighted by Gasteiger charge is -2.05. The monoisotopic (exact) mass is 283 g/mol. The molecule has 2 heterocycles. The summed E-state index contributed by atoms with van der Waals surface area (Å²) in [7, 11) is 0. The number of rotatable bonds is 5. The molecule has 0 radical (unpaired) electrons. The van der Waals surface area contributed by atoms with Gasteiger partial charge in [-0.3, -0.25) is 4.98 Å². The van der Waals surface area contributed by atoms with Crippen molar-refractivity contribution in [3.8, 4) is 16.9 Å². The van der Waals surface area contributed by atoms with Crippen LogP contribution in [0.15, 0.2) is 48.1 Å². The largest absolute Gasteiger partial charge is 0.494 e. The fourth-order valence-corrected chi connectivity index (χ4v) is 3.18. The lowest BCUT2D eigenvalue weighted by atomic mass is 10.1. The average Bonchev–Trinajstić information content (AvgIpc) is 2.91. The van der Waals surface area contributed by atoms with Crippen LogP contribution in [0.4, 0.5) is 0 Å². The second-order valence-corrected chi connectivity index (χ2v) is 5.66. The number of aromatic nitrogens is 1. The fraction of sp³-hybridized carbons (Fsp3) is 0.235. The Bertz CT molecular complexity index is 691. The highest BCUT2D eigenvalue weighted by molar-refractivity contribution is 7.17. The maximum absolute atomic E-state index is 5.76. The maximum atomic E-state index is 5.76. The van der Waals surface area contributed by atoms with Crippen molar-refractivity contribution in [3.63, 3.8) is 0 Å². The van der Waals surface area contributed by atoms with Gasteiger partial charge >= 0.3 is 0 Å². The molecule has 3 heteroatoms. The van der Waals surface area contributed by atoms with E-state index in [4.69, 9.17) is 4.74 Å². The van der Waals surface area contributed by atoms with Gasteiger partial charge in [-0.1, -0.05) is 19.4 Å². The number of benzene rings is 1. The predicted molar refractivity (Wildman–Crippen MR) is 85.5 cm³/mol. The average molecular weight is 283 g/mol. The number of ether oxygens (including phenoxy) is 1. The third-order valence-corrected chi connectivity index (χ3v) is 4.23.